The van der Waals surface area contributed by atoms with Crippen molar-refractivity contribution in [1.29, 1.82) is 0 Å². The third-order valence-electron chi connectivity index (χ3n) is 3.16. The highest BCUT2D eigenvalue weighted by molar-refractivity contribution is 6.30. The Labute approximate surface area is 122 Å². The number of halogens is 1. The first-order chi connectivity index (χ1) is 9.13. The normalized spacial score (nSPS) is 12.9. The molecule has 19 heavy (non-hydrogen) atoms. The zero-order chi connectivity index (χ0) is 14.1. The summed E-state index contributed by atoms with van der Waals surface area (Å²) in [5.74, 6) is 1.19. The minimum absolute atomic E-state index is 0.507. The van der Waals surface area contributed by atoms with Crippen molar-refractivity contribution in [3.05, 3.63) is 34.9 Å². The van der Waals surface area contributed by atoms with Crippen molar-refractivity contribution in [1.82, 2.24) is 5.32 Å². The molecule has 0 heterocycles. The Bertz CT molecular complexity index is 354. The summed E-state index contributed by atoms with van der Waals surface area (Å²) in [5.41, 5.74) is 1.32. The number of ether oxygens (including phenoxy) is 1. The summed E-state index contributed by atoms with van der Waals surface area (Å²) in [7, 11) is 1.76. The van der Waals surface area contributed by atoms with Crippen molar-refractivity contribution in [2.75, 3.05) is 26.8 Å². The number of hydrogen-bond donors (Lipinski definition) is 1. The van der Waals surface area contributed by atoms with Crippen molar-refractivity contribution in [2.45, 2.75) is 32.6 Å². The fraction of sp³-hybridized carbons (Fsp3) is 0.625. The van der Waals surface area contributed by atoms with E-state index in [2.05, 4.69) is 31.3 Å². The molecule has 0 spiro atoms. The standard InChI is InChI=1S/C16H26ClNO/c1-13(2)11-18-12-15(7-5-9-19-3)14-6-4-8-16(17)10-14/h4,6,8,10,13,15,18H,5,7,9,11-12H2,1-3H3. The van der Waals surface area contributed by atoms with E-state index in [9.17, 15) is 0 Å². The number of nitrogens with one attached hydrogen (secondary N) is 1. The summed E-state index contributed by atoms with van der Waals surface area (Å²) in [6, 6.07) is 8.21. The molecule has 0 aromatic heterocycles. The zero-order valence-electron chi connectivity index (χ0n) is 12.3. The molecule has 0 aliphatic carbocycles. The maximum atomic E-state index is 6.09. The smallest absolute Gasteiger partial charge is 0.0462 e. The van der Waals surface area contributed by atoms with Gasteiger partial charge in [0.25, 0.3) is 0 Å². The summed E-state index contributed by atoms with van der Waals surface area (Å²) in [5, 5.41) is 4.36. The van der Waals surface area contributed by atoms with Crippen LogP contribution in [0.4, 0.5) is 0 Å². The predicted molar refractivity (Wildman–Crippen MR) is 83.0 cm³/mol. The van der Waals surface area contributed by atoms with Crippen molar-refractivity contribution in [3.63, 3.8) is 0 Å². The minimum Gasteiger partial charge on any atom is -0.385 e. The molecule has 1 unspecified atom stereocenters. The van der Waals surface area contributed by atoms with E-state index in [4.69, 9.17) is 16.3 Å². The quantitative estimate of drug-likeness (QED) is 0.689. The van der Waals surface area contributed by atoms with Crippen LogP contribution in [0.5, 0.6) is 0 Å². The third kappa shape index (κ3) is 6.95. The van der Waals surface area contributed by atoms with Gasteiger partial charge in [-0.1, -0.05) is 37.6 Å². The van der Waals surface area contributed by atoms with Crippen LogP contribution in [0, 0.1) is 5.92 Å². The lowest BCUT2D eigenvalue weighted by Gasteiger charge is -2.19. The van der Waals surface area contributed by atoms with Crippen molar-refractivity contribution < 1.29 is 4.74 Å². The topological polar surface area (TPSA) is 21.3 Å². The molecule has 1 N–H and O–H groups in total. The van der Waals surface area contributed by atoms with Crippen molar-refractivity contribution >= 4 is 11.6 Å². The molecule has 1 aromatic carbocycles. The summed E-state index contributed by atoms with van der Waals surface area (Å²) >= 11 is 6.09. The Morgan fingerprint density at radius 1 is 1.26 bits per heavy atom. The van der Waals surface area contributed by atoms with Crippen LogP contribution in [0.15, 0.2) is 24.3 Å². The van der Waals surface area contributed by atoms with Gasteiger partial charge in [-0.25, -0.2) is 0 Å². The van der Waals surface area contributed by atoms with Gasteiger partial charge in [0.15, 0.2) is 0 Å². The van der Waals surface area contributed by atoms with Crippen LogP contribution in [0.3, 0.4) is 0 Å². The molecule has 0 bridgehead atoms. The number of methoxy groups -OCH3 is 1. The molecule has 2 nitrogen and oxygen atoms in total. The maximum Gasteiger partial charge on any atom is 0.0462 e. The van der Waals surface area contributed by atoms with Gasteiger partial charge in [0.2, 0.25) is 0 Å². The molecule has 0 amide bonds. The SMILES string of the molecule is COCCCC(CNCC(C)C)c1cccc(Cl)c1. The first-order valence-electron chi connectivity index (χ1n) is 7.08. The monoisotopic (exact) mass is 283 g/mol. The van der Waals surface area contributed by atoms with Crippen molar-refractivity contribution in [3.8, 4) is 0 Å². The Kier molecular flexibility index (Phi) is 8.11. The number of hydrogen-bond acceptors (Lipinski definition) is 2. The average Bonchev–Trinajstić information content (AvgIpc) is 2.37. The Morgan fingerprint density at radius 2 is 2.05 bits per heavy atom. The fourth-order valence-electron chi connectivity index (χ4n) is 2.17. The molecular formula is C16H26ClNO. The second kappa shape index (κ2) is 9.35. The van der Waals surface area contributed by atoms with Crippen LogP contribution < -0.4 is 5.32 Å². The second-order valence-corrected chi connectivity index (χ2v) is 5.88. The van der Waals surface area contributed by atoms with E-state index in [0.717, 1.165) is 37.6 Å². The highest BCUT2D eigenvalue weighted by Crippen LogP contribution is 2.23. The second-order valence-electron chi connectivity index (χ2n) is 5.44. The lowest BCUT2D eigenvalue weighted by atomic mass is 9.94. The number of benzene rings is 1. The highest BCUT2D eigenvalue weighted by atomic mass is 35.5. The molecule has 0 fully saturated rings. The summed E-state index contributed by atoms with van der Waals surface area (Å²) in [6.07, 6.45) is 2.20. The molecule has 1 aromatic rings. The van der Waals surface area contributed by atoms with Gasteiger partial charge in [0, 0.05) is 25.3 Å². The van der Waals surface area contributed by atoms with E-state index in [1.54, 1.807) is 7.11 Å². The molecule has 0 saturated carbocycles. The average molecular weight is 284 g/mol. The molecule has 0 saturated heterocycles. The minimum atomic E-state index is 0.507. The van der Waals surface area contributed by atoms with Crippen molar-refractivity contribution in [2.24, 2.45) is 5.92 Å². The van der Waals surface area contributed by atoms with Gasteiger partial charge in [-0.2, -0.15) is 0 Å². The van der Waals surface area contributed by atoms with Crippen LogP contribution in [-0.4, -0.2) is 26.8 Å². The lowest BCUT2D eigenvalue weighted by molar-refractivity contribution is 0.190. The molecule has 0 aliphatic rings. The van der Waals surface area contributed by atoms with E-state index in [1.165, 1.54) is 5.56 Å². The molecule has 1 atom stereocenters. The van der Waals surface area contributed by atoms with Gasteiger partial charge in [0.05, 0.1) is 0 Å². The van der Waals surface area contributed by atoms with Crippen LogP contribution in [0.1, 0.15) is 38.2 Å². The van der Waals surface area contributed by atoms with Gasteiger partial charge in [-0.05, 0) is 48.9 Å². The van der Waals surface area contributed by atoms with E-state index in [0.29, 0.717) is 11.8 Å². The van der Waals surface area contributed by atoms with Crippen LogP contribution >= 0.6 is 11.6 Å². The van der Waals surface area contributed by atoms with Crippen LogP contribution in [0.25, 0.3) is 0 Å². The van der Waals surface area contributed by atoms with Crippen LogP contribution in [-0.2, 0) is 4.74 Å². The Hall–Kier alpha value is -0.570. The largest absolute Gasteiger partial charge is 0.385 e. The lowest BCUT2D eigenvalue weighted by Crippen LogP contribution is -2.25. The molecule has 108 valence electrons. The van der Waals surface area contributed by atoms with Gasteiger partial charge < -0.3 is 10.1 Å². The summed E-state index contributed by atoms with van der Waals surface area (Å²) < 4.78 is 5.15. The van der Waals surface area contributed by atoms with E-state index < -0.39 is 0 Å². The maximum absolute atomic E-state index is 6.09. The highest BCUT2D eigenvalue weighted by Gasteiger charge is 2.11. The molecular weight excluding hydrogens is 258 g/mol. The summed E-state index contributed by atoms with van der Waals surface area (Å²) in [4.78, 5) is 0. The Morgan fingerprint density at radius 3 is 2.68 bits per heavy atom. The third-order valence-corrected chi connectivity index (χ3v) is 3.40. The first kappa shape index (κ1) is 16.5. The zero-order valence-corrected chi connectivity index (χ0v) is 13.0. The summed E-state index contributed by atoms with van der Waals surface area (Å²) in [6.45, 7) is 7.34. The van der Waals surface area contributed by atoms with E-state index in [-0.39, 0.29) is 0 Å². The first-order valence-corrected chi connectivity index (χ1v) is 7.46. The molecule has 0 radical (unpaired) electrons. The predicted octanol–water partition coefficient (Wildman–Crippen LogP) is 4.10. The van der Waals surface area contributed by atoms with Gasteiger partial charge in [0.1, 0.15) is 0 Å². The molecule has 0 aliphatic heterocycles. The van der Waals surface area contributed by atoms with Gasteiger partial charge >= 0.3 is 0 Å². The fourth-order valence-corrected chi connectivity index (χ4v) is 2.37. The van der Waals surface area contributed by atoms with E-state index >= 15 is 0 Å². The van der Waals surface area contributed by atoms with E-state index in [1.807, 2.05) is 12.1 Å². The van der Waals surface area contributed by atoms with Gasteiger partial charge in [-0.3, -0.25) is 0 Å². The molecule has 3 heteroatoms. The number of rotatable bonds is 9. The van der Waals surface area contributed by atoms with Gasteiger partial charge in [-0.15, -0.1) is 0 Å². The molecule has 1 rings (SSSR count). The Balaban J connectivity index is 2.57. The van der Waals surface area contributed by atoms with Crippen LogP contribution in [0.2, 0.25) is 5.02 Å².